The number of rotatable bonds is 7. The van der Waals surface area contributed by atoms with Gasteiger partial charge in [-0.1, -0.05) is 25.1 Å². The highest BCUT2D eigenvalue weighted by Gasteiger charge is 2.30. The first-order valence-corrected chi connectivity index (χ1v) is 11.9. The lowest BCUT2D eigenvalue weighted by atomic mass is 10.1. The van der Waals surface area contributed by atoms with E-state index in [2.05, 4.69) is 5.32 Å². The van der Waals surface area contributed by atoms with Crippen molar-refractivity contribution in [2.24, 2.45) is 0 Å². The molecule has 8 nitrogen and oxygen atoms in total. The monoisotopic (exact) mass is 488 g/mol. The van der Waals surface area contributed by atoms with Crippen molar-refractivity contribution in [3.63, 3.8) is 0 Å². The zero-order valence-electron chi connectivity index (χ0n) is 20.3. The fraction of sp³-hybridized carbons (Fsp3) is 0.286. The number of carbonyl (C=O) groups excluding carboxylic acids is 2. The molecule has 0 bridgehead atoms. The van der Waals surface area contributed by atoms with Crippen molar-refractivity contribution in [2.45, 2.75) is 39.0 Å². The van der Waals surface area contributed by atoms with Crippen LogP contribution in [-0.2, 0) is 29.1 Å². The molecule has 2 aliphatic rings. The SMILES string of the molecule is CC[C@@H]1Oc2ccc(NC(=O)Cc3cccc(OC)c3)cc2CN(Cc2ccc3c(c2)OCO3)C1=O. The minimum atomic E-state index is -0.575. The molecule has 0 saturated heterocycles. The average Bonchev–Trinajstić information content (AvgIpc) is 3.30. The lowest BCUT2D eigenvalue weighted by molar-refractivity contribution is -0.139. The molecule has 0 aromatic heterocycles. The fourth-order valence-corrected chi connectivity index (χ4v) is 4.41. The van der Waals surface area contributed by atoms with Gasteiger partial charge in [0.25, 0.3) is 5.91 Å². The summed E-state index contributed by atoms with van der Waals surface area (Å²) in [6, 6.07) is 18.6. The molecule has 5 rings (SSSR count). The summed E-state index contributed by atoms with van der Waals surface area (Å²) in [5.41, 5.74) is 3.28. The van der Waals surface area contributed by atoms with Crippen molar-refractivity contribution in [1.29, 1.82) is 0 Å². The van der Waals surface area contributed by atoms with Gasteiger partial charge in [0, 0.05) is 24.3 Å². The molecular weight excluding hydrogens is 460 g/mol. The summed E-state index contributed by atoms with van der Waals surface area (Å²) in [5, 5.41) is 2.96. The standard InChI is InChI=1S/C28H28N2O6/c1-3-23-28(32)30(15-19-7-9-25-26(12-19)35-17-34-25)16-20-14-21(8-10-24(20)36-23)29-27(31)13-18-5-4-6-22(11-18)33-2/h4-12,14,23H,3,13,15-17H2,1-2H3,(H,29,31)/t23-/m0/s1. The number of carbonyl (C=O) groups is 2. The molecule has 8 heteroatoms. The molecule has 0 spiro atoms. The number of ether oxygens (including phenoxy) is 4. The Morgan fingerprint density at radius 3 is 2.69 bits per heavy atom. The van der Waals surface area contributed by atoms with Gasteiger partial charge in [-0.2, -0.15) is 0 Å². The lowest BCUT2D eigenvalue weighted by Crippen LogP contribution is -2.38. The first-order chi connectivity index (χ1) is 17.5. The molecule has 2 aliphatic heterocycles. The highest BCUT2D eigenvalue weighted by Crippen LogP contribution is 2.34. The molecule has 3 aromatic carbocycles. The van der Waals surface area contributed by atoms with Gasteiger partial charge in [0.15, 0.2) is 17.6 Å². The predicted molar refractivity (Wildman–Crippen MR) is 133 cm³/mol. The Morgan fingerprint density at radius 2 is 1.86 bits per heavy atom. The Balaban J connectivity index is 1.33. The van der Waals surface area contributed by atoms with E-state index in [0.29, 0.717) is 48.2 Å². The zero-order chi connectivity index (χ0) is 25.1. The average molecular weight is 489 g/mol. The molecule has 0 unspecified atom stereocenters. The number of methoxy groups -OCH3 is 1. The summed E-state index contributed by atoms with van der Waals surface area (Å²) in [4.78, 5) is 27.7. The van der Waals surface area contributed by atoms with Crippen LogP contribution in [0.25, 0.3) is 0 Å². The van der Waals surface area contributed by atoms with Crippen LogP contribution in [0.3, 0.4) is 0 Å². The molecule has 0 fully saturated rings. The van der Waals surface area contributed by atoms with Crippen molar-refractivity contribution in [2.75, 3.05) is 19.2 Å². The van der Waals surface area contributed by atoms with Gasteiger partial charge in [-0.25, -0.2) is 0 Å². The largest absolute Gasteiger partial charge is 0.497 e. The van der Waals surface area contributed by atoms with E-state index in [1.807, 2.05) is 61.5 Å². The maximum absolute atomic E-state index is 13.3. The van der Waals surface area contributed by atoms with Crippen LogP contribution in [0.15, 0.2) is 60.7 Å². The molecule has 0 aliphatic carbocycles. The topological polar surface area (TPSA) is 86.3 Å². The molecular formula is C28H28N2O6. The summed E-state index contributed by atoms with van der Waals surface area (Å²) in [6.07, 6.45) is 0.195. The Hall–Kier alpha value is -4.20. The van der Waals surface area contributed by atoms with Gasteiger partial charge in [-0.05, 0) is 60.0 Å². The van der Waals surface area contributed by atoms with Crippen LogP contribution in [0.4, 0.5) is 5.69 Å². The molecule has 0 radical (unpaired) electrons. The van der Waals surface area contributed by atoms with Crippen LogP contribution in [0.2, 0.25) is 0 Å². The Kier molecular flexibility index (Phi) is 6.66. The van der Waals surface area contributed by atoms with Gasteiger partial charge in [0.2, 0.25) is 12.7 Å². The number of hydrogen-bond acceptors (Lipinski definition) is 6. The van der Waals surface area contributed by atoms with Gasteiger partial charge < -0.3 is 29.2 Å². The van der Waals surface area contributed by atoms with Crippen molar-refractivity contribution in [3.8, 4) is 23.0 Å². The summed E-state index contributed by atoms with van der Waals surface area (Å²) < 4.78 is 22.2. The molecule has 1 atom stereocenters. The number of amides is 2. The number of nitrogens with one attached hydrogen (secondary N) is 1. The highest BCUT2D eigenvalue weighted by molar-refractivity contribution is 5.92. The van der Waals surface area contributed by atoms with Crippen molar-refractivity contribution in [3.05, 3.63) is 77.4 Å². The van der Waals surface area contributed by atoms with Crippen LogP contribution in [0, 0.1) is 0 Å². The summed E-state index contributed by atoms with van der Waals surface area (Å²) in [7, 11) is 1.60. The quantitative estimate of drug-likeness (QED) is 0.534. The number of hydrogen-bond donors (Lipinski definition) is 1. The van der Waals surface area contributed by atoms with Crippen molar-refractivity contribution >= 4 is 17.5 Å². The van der Waals surface area contributed by atoms with E-state index in [0.717, 1.165) is 16.7 Å². The predicted octanol–water partition coefficient (Wildman–Crippen LogP) is 4.30. The summed E-state index contributed by atoms with van der Waals surface area (Å²) >= 11 is 0. The second-order valence-corrected chi connectivity index (χ2v) is 8.80. The van der Waals surface area contributed by atoms with E-state index in [-0.39, 0.29) is 25.0 Å². The third-order valence-corrected chi connectivity index (χ3v) is 6.24. The zero-order valence-corrected chi connectivity index (χ0v) is 20.3. The number of fused-ring (bicyclic) bond motifs is 2. The van der Waals surface area contributed by atoms with Crippen molar-refractivity contribution < 1.29 is 28.5 Å². The van der Waals surface area contributed by atoms with Crippen LogP contribution in [0.1, 0.15) is 30.0 Å². The van der Waals surface area contributed by atoms with Gasteiger partial charge in [-0.3, -0.25) is 9.59 Å². The molecule has 2 heterocycles. The highest BCUT2D eigenvalue weighted by atomic mass is 16.7. The first-order valence-electron chi connectivity index (χ1n) is 11.9. The van der Waals surface area contributed by atoms with Crippen LogP contribution in [0.5, 0.6) is 23.0 Å². The Bertz CT molecular complexity index is 1290. The van der Waals surface area contributed by atoms with Gasteiger partial charge in [0.1, 0.15) is 11.5 Å². The molecule has 1 N–H and O–H groups in total. The minimum absolute atomic E-state index is 0.0741. The second kappa shape index (κ2) is 10.2. The molecule has 0 saturated carbocycles. The fourth-order valence-electron chi connectivity index (χ4n) is 4.41. The maximum atomic E-state index is 13.3. The third-order valence-electron chi connectivity index (χ3n) is 6.24. The maximum Gasteiger partial charge on any atom is 0.264 e. The van der Waals surface area contributed by atoms with E-state index in [1.54, 1.807) is 18.1 Å². The molecule has 2 amide bonds. The summed E-state index contributed by atoms with van der Waals surface area (Å²) in [6.45, 7) is 2.90. The number of nitrogens with zero attached hydrogens (tertiary/aromatic N) is 1. The van der Waals surface area contributed by atoms with Gasteiger partial charge in [-0.15, -0.1) is 0 Å². The first kappa shape index (κ1) is 23.5. The second-order valence-electron chi connectivity index (χ2n) is 8.80. The van der Waals surface area contributed by atoms with E-state index >= 15 is 0 Å². The van der Waals surface area contributed by atoms with Gasteiger partial charge in [0.05, 0.1) is 13.5 Å². The number of anilines is 1. The van der Waals surface area contributed by atoms with Crippen molar-refractivity contribution in [1.82, 2.24) is 4.90 Å². The Morgan fingerprint density at radius 1 is 1.03 bits per heavy atom. The minimum Gasteiger partial charge on any atom is -0.497 e. The normalized spacial score (nSPS) is 16.1. The molecule has 3 aromatic rings. The van der Waals surface area contributed by atoms with E-state index in [1.165, 1.54) is 0 Å². The van der Waals surface area contributed by atoms with E-state index in [4.69, 9.17) is 18.9 Å². The Labute approximate surface area is 209 Å². The van der Waals surface area contributed by atoms with E-state index < -0.39 is 6.10 Å². The van der Waals surface area contributed by atoms with E-state index in [9.17, 15) is 9.59 Å². The third kappa shape index (κ3) is 5.07. The smallest absolute Gasteiger partial charge is 0.264 e. The van der Waals surface area contributed by atoms with Crippen LogP contribution < -0.4 is 24.3 Å². The molecule has 186 valence electrons. The van der Waals surface area contributed by atoms with Crippen LogP contribution in [-0.4, -0.2) is 36.7 Å². The lowest BCUT2D eigenvalue weighted by Gasteiger charge is -2.23. The summed E-state index contributed by atoms with van der Waals surface area (Å²) in [5.74, 6) is 2.52. The van der Waals surface area contributed by atoms with Crippen LogP contribution >= 0.6 is 0 Å². The van der Waals surface area contributed by atoms with Gasteiger partial charge >= 0.3 is 0 Å². The number of benzene rings is 3. The molecule has 36 heavy (non-hydrogen) atoms.